The van der Waals surface area contributed by atoms with E-state index in [0.717, 1.165) is 36.8 Å². The Hall–Kier alpha value is -3.09. The van der Waals surface area contributed by atoms with Gasteiger partial charge in [0.15, 0.2) is 17.1 Å². The lowest BCUT2D eigenvalue weighted by atomic mass is 9.89. The van der Waals surface area contributed by atoms with Crippen molar-refractivity contribution in [3.8, 4) is 11.3 Å². The summed E-state index contributed by atoms with van der Waals surface area (Å²) < 4.78 is 0. The quantitative estimate of drug-likeness (QED) is 0.827. The van der Waals surface area contributed by atoms with E-state index in [1.54, 1.807) is 26.2 Å². The predicted molar refractivity (Wildman–Crippen MR) is 114 cm³/mol. The number of benzene rings is 1. The first kappa shape index (κ1) is 20.2. The van der Waals surface area contributed by atoms with Crippen molar-refractivity contribution < 1.29 is 14.4 Å². The van der Waals surface area contributed by atoms with Gasteiger partial charge in [-0.15, -0.1) is 0 Å². The number of hydrogen-bond acceptors (Lipinski definition) is 6. The minimum absolute atomic E-state index is 0.0234. The number of hydrogen-bond donors (Lipinski definition) is 1. The van der Waals surface area contributed by atoms with E-state index in [4.69, 9.17) is 4.84 Å². The number of nitrogens with zero attached hydrogens (tertiary/aromatic N) is 3. The molecule has 1 aromatic carbocycles. The minimum atomic E-state index is -0.946. The smallest absolute Gasteiger partial charge is 0.230 e. The number of rotatable bonds is 4. The Morgan fingerprint density at radius 3 is 2.53 bits per heavy atom. The van der Waals surface area contributed by atoms with Crippen molar-refractivity contribution in [3.63, 3.8) is 0 Å². The standard InChI is InChI=1S/C23H26N4O3/c1-14-9-10-16(20-21(28)23(2,3)30-27-20)11-17(14)18-12-25-19(13-24-18)26-22(29)15-7-5-4-6-8-15/h9-13,15H,4-8H2,1-3H3,(H,25,26,29). The van der Waals surface area contributed by atoms with Gasteiger partial charge in [-0.3, -0.25) is 14.6 Å². The first-order valence-electron chi connectivity index (χ1n) is 10.4. The molecule has 1 saturated carbocycles. The van der Waals surface area contributed by atoms with Crippen molar-refractivity contribution in [2.75, 3.05) is 5.32 Å². The fourth-order valence-electron chi connectivity index (χ4n) is 3.88. The van der Waals surface area contributed by atoms with Crippen LogP contribution in [0.15, 0.2) is 35.7 Å². The van der Waals surface area contributed by atoms with Crippen LogP contribution in [0, 0.1) is 12.8 Å². The van der Waals surface area contributed by atoms with Crippen LogP contribution in [-0.4, -0.2) is 33.0 Å². The van der Waals surface area contributed by atoms with Gasteiger partial charge in [0, 0.05) is 17.0 Å². The van der Waals surface area contributed by atoms with Gasteiger partial charge in [0.05, 0.1) is 18.1 Å². The van der Waals surface area contributed by atoms with Gasteiger partial charge in [-0.05, 0) is 45.2 Å². The molecule has 2 aliphatic rings. The SMILES string of the molecule is Cc1ccc(C2=NOC(C)(C)C2=O)cc1-c1cnc(NC(=O)C2CCCCC2)cn1. The molecule has 1 aliphatic heterocycles. The van der Waals surface area contributed by atoms with E-state index in [0.29, 0.717) is 22.8 Å². The van der Waals surface area contributed by atoms with Crippen LogP contribution in [0.5, 0.6) is 0 Å². The molecule has 30 heavy (non-hydrogen) atoms. The van der Waals surface area contributed by atoms with E-state index >= 15 is 0 Å². The molecule has 0 radical (unpaired) electrons. The monoisotopic (exact) mass is 406 g/mol. The highest BCUT2D eigenvalue weighted by molar-refractivity contribution is 6.49. The van der Waals surface area contributed by atoms with E-state index in [-0.39, 0.29) is 17.6 Å². The summed E-state index contributed by atoms with van der Waals surface area (Å²) in [6.45, 7) is 5.37. The van der Waals surface area contributed by atoms with Crippen LogP contribution in [0.25, 0.3) is 11.3 Å². The maximum atomic E-state index is 12.5. The van der Waals surface area contributed by atoms with Crippen molar-refractivity contribution in [2.24, 2.45) is 11.1 Å². The number of anilines is 1. The van der Waals surface area contributed by atoms with Gasteiger partial charge in [0.1, 0.15) is 0 Å². The average Bonchev–Trinajstić information content (AvgIpc) is 3.02. The third kappa shape index (κ3) is 3.97. The fourth-order valence-corrected chi connectivity index (χ4v) is 3.88. The van der Waals surface area contributed by atoms with Crippen LogP contribution in [-0.2, 0) is 14.4 Å². The Balaban J connectivity index is 1.53. The highest BCUT2D eigenvalue weighted by Gasteiger charge is 2.40. The topological polar surface area (TPSA) is 93.5 Å². The number of oxime groups is 1. The fraction of sp³-hybridized carbons (Fsp3) is 0.435. The highest BCUT2D eigenvalue weighted by atomic mass is 16.7. The zero-order valence-electron chi connectivity index (χ0n) is 17.6. The molecule has 0 atom stereocenters. The number of aryl methyl sites for hydroxylation is 1. The first-order chi connectivity index (χ1) is 14.3. The van der Waals surface area contributed by atoms with Gasteiger partial charge in [0.2, 0.25) is 11.7 Å². The second-order valence-corrected chi connectivity index (χ2v) is 8.51. The van der Waals surface area contributed by atoms with Crippen LogP contribution < -0.4 is 5.32 Å². The molecule has 1 N–H and O–H groups in total. The number of ketones is 1. The molecule has 0 saturated heterocycles. The van der Waals surface area contributed by atoms with Crippen molar-refractivity contribution in [1.82, 2.24) is 9.97 Å². The molecule has 4 rings (SSSR count). The molecule has 1 fully saturated rings. The summed E-state index contributed by atoms with van der Waals surface area (Å²) >= 11 is 0. The van der Waals surface area contributed by atoms with E-state index in [1.807, 2.05) is 25.1 Å². The molecule has 0 unspecified atom stereocenters. The second-order valence-electron chi connectivity index (χ2n) is 8.51. The van der Waals surface area contributed by atoms with Crippen LogP contribution >= 0.6 is 0 Å². The van der Waals surface area contributed by atoms with Gasteiger partial charge in [-0.1, -0.05) is 36.6 Å². The number of nitrogens with one attached hydrogen (secondary N) is 1. The summed E-state index contributed by atoms with van der Waals surface area (Å²) in [4.78, 5) is 39.1. The summed E-state index contributed by atoms with van der Waals surface area (Å²) in [5, 5.41) is 6.86. The summed E-state index contributed by atoms with van der Waals surface area (Å²) in [5.41, 5.74) is 2.56. The molecule has 2 heterocycles. The molecule has 0 bridgehead atoms. The normalized spacial score (nSPS) is 18.6. The van der Waals surface area contributed by atoms with Gasteiger partial charge < -0.3 is 10.2 Å². The highest BCUT2D eigenvalue weighted by Crippen LogP contribution is 2.28. The molecular weight excluding hydrogens is 380 g/mol. The number of carbonyl (C=O) groups is 2. The largest absolute Gasteiger partial charge is 0.381 e. The third-order valence-electron chi connectivity index (χ3n) is 5.79. The Morgan fingerprint density at radius 2 is 1.90 bits per heavy atom. The number of carbonyl (C=O) groups excluding carboxylic acids is 2. The molecule has 1 aromatic heterocycles. The van der Waals surface area contributed by atoms with Gasteiger partial charge in [-0.25, -0.2) is 4.98 Å². The van der Waals surface area contributed by atoms with Gasteiger partial charge >= 0.3 is 0 Å². The van der Waals surface area contributed by atoms with E-state index < -0.39 is 5.60 Å². The van der Waals surface area contributed by atoms with Gasteiger partial charge in [-0.2, -0.15) is 0 Å². The zero-order chi connectivity index (χ0) is 21.3. The molecule has 156 valence electrons. The van der Waals surface area contributed by atoms with Crippen LogP contribution in [0.3, 0.4) is 0 Å². The van der Waals surface area contributed by atoms with Crippen LogP contribution in [0.1, 0.15) is 57.1 Å². The lowest BCUT2D eigenvalue weighted by molar-refractivity contribution is -0.128. The zero-order valence-corrected chi connectivity index (χ0v) is 17.6. The molecule has 2 aromatic rings. The number of Topliss-reactive ketones (excluding diaryl/α,β-unsaturated/α-hetero) is 1. The minimum Gasteiger partial charge on any atom is -0.381 e. The molecule has 1 aliphatic carbocycles. The van der Waals surface area contributed by atoms with Crippen molar-refractivity contribution in [3.05, 3.63) is 41.7 Å². The lowest BCUT2D eigenvalue weighted by Gasteiger charge is -2.20. The van der Waals surface area contributed by atoms with Crippen molar-refractivity contribution in [1.29, 1.82) is 0 Å². The molecule has 7 heteroatoms. The van der Waals surface area contributed by atoms with E-state index in [9.17, 15) is 9.59 Å². The maximum Gasteiger partial charge on any atom is 0.230 e. The Morgan fingerprint density at radius 1 is 1.13 bits per heavy atom. The Bertz CT molecular complexity index is 1010. The molecule has 7 nitrogen and oxygen atoms in total. The van der Waals surface area contributed by atoms with E-state index in [2.05, 4.69) is 20.4 Å². The number of aromatic nitrogens is 2. The van der Waals surface area contributed by atoms with Crippen LogP contribution in [0.2, 0.25) is 0 Å². The van der Waals surface area contributed by atoms with Crippen molar-refractivity contribution in [2.45, 2.75) is 58.5 Å². The van der Waals surface area contributed by atoms with Gasteiger partial charge in [0.25, 0.3) is 0 Å². The first-order valence-corrected chi connectivity index (χ1v) is 10.4. The third-order valence-corrected chi connectivity index (χ3v) is 5.79. The summed E-state index contributed by atoms with van der Waals surface area (Å²) in [6, 6.07) is 5.65. The van der Waals surface area contributed by atoms with E-state index in [1.165, 1.54) is 6.42 Å². The molecule has 0 spiro atoms. The van der Waals surface area contributed by atoms with Crippen LogP contribution in [0.4, 0.5) is 5.82 Å². The second kappa shape index (κ2) is 7.97. The predicted octanol–water partition coefficient (Wildman–Crippen LogP) is 4.05. The lowest BCUT2D eigenvalue weighted by Crippen LogP contribution is -2.33. The molecular formula is C23H26N4O3. The maximum absolute atomic E-state index is 12.5. The summed E-state index contributed by atoms with van der Waals surface area (Å²) in [6.07, 6.45) is 8.51. The number of amides is 1. The summed E-state index contributed by atoms with van der Waals surface area (Å²) in [5.74, 6) is 0.392. The average molecular weight is 406 g/mol. The van der Waals surface area contributed by atoms with Crippen molar-refractivity contribution >= 4 is 23.2 Å². The Labute approximate surface area is 175 Å². The Kier molecular flexibility index (Phi) is 5.37. The summed E-state index contributed by atoms with van der Waals surface area (Å²) in [7, 11) is 0. The molecule has 1 amide bonds.